The largest absolute Gasteiger partial charge is 0.379 e. The van der Waals surface area contributed by atoms with Gasteiger partial charge in [0.2, 0.25) is 10.0 Å². The lowest BCUT2D eigenvalue weighted by Gasteiger charge is -2.26. The van der Waals surface area contributed by atoms with Crippen molar-refractivity contribution in [3.63, 3.8) is 0 Å². The Hall–Kier alpha value is -0.820. The normalized spacial score (nSPS) is 18.2. The molecule has 93 valence electrons. The molecular weight excluding hydrogens is 264 g/mol. The highest BCUT2D eigenvalue weighted by atomic mass is 35.5. The van der Waals surface area contributed by atoms with Crippen LogP contribution in [0.25, 0.3) is 0 Å². The smallest absolute Gasteiger partial charge is 0.243 e. The van der Waals surface area contributed by atoms with Crippen LogP contribution in [0.3, 0.4) is 0 Å². The van der Waals surface area contributed by atoms with Gasteiger partial charge >= 0.3 is 0 Å². The Morgan fingerprint density at radius 3 is 2.53 bits per heavy atom. The van der Waals surface area contributed by atoms with Gasteiger partial charge in [-0.15, -0.1) is 0 Å². The van der Waals surface area contributed by atoms with Gasteiger partial charge in [-0.2, -0.15) is 4.31 Å². The molecule has 1 fully saturated rings. The van der Waals surface area contributed by atoms with Crippen molar-refractivity contribution in [1.82, 2.24) is 10.0 Å². The Morgan fingerprint density at radius 2 is 1.94 bits per heavy atom. The van der Waals surface area contributed by atoms with Gasteiger partial charge in [0.1, 0.15) is 0 Å². The summed E-state index contributed by atoms with van der Waals surface area (Å²) in [6, 6.07) is 4.10. The molecule has 0 spiro atoms. The van der Waals surface area contributed by atoms with E-state index in [4.69, 9.17) is 22.1 Å². The van der Waals surface area contributed by atoms with Gasteiger partial charge in [-0.1, -0.05) is 11.6 Å². The van der Waals surface area contributed by atoms with E-state index in [0.717, 1.165) is 0 Å². The van der Waals surface area contributed by atoms with Crippen molar-refractivity contribution in [2.24, 2.45) is 0 Å². The Bertz CT molecular complexity index is 512. The predicted octanol–water partition coefficient (Wildman–Crippen LogP) is 1.28. The number of benzene rings is 1. The first-order valence-electron chi connectivity index (χ1n) is 5.11. The minimum Gasteiger partial charge on any atom is -0.379 e. The van der Waals surface area contributed by atoms with Crippen LogP contribution in [0.2, 0.25) is 5.02 Å². The second kappa shape index (κ2) is 4.81. The first-order valence-corrected chi connectivity index (χ1v) is 6.92. The minimum absolute atomic E-state index is 0.118. The monoisotopic (exact) mass is 275 g/mol. The SMILES string of the molecule is [NH]c1ccc(S(=O)(=O)N2CCOCC2)cc1Cl. The summed E-state index contributed by atoms with van der Waals surface area (Å²) in [6.45, 7) is 1.51. The van der Waals surface area contributed by atoms with Crippen molar-refractivity contribution in [3.8, 4) is 0 Å². The molecule has 0 saturated carbocycles. The number of hydrogen-bond acceptors (Lipinski definition) is 3. The lowest BCUT2D eigenvalue weighted by molar-refractivity contribution is 0.0730. The van der Waals surface area contributed by atoms with Crippen molar-refractivity contribution >= 4 is 27.3 Å². The Labute approximate surface area is 105 Å². The van der Waals surface area contributed by atoms with E-state index in [2.05, 4.69) is 0 Å². The highest BCUT2D eigenvalue weighted by molar-refractivity contribution is 7.89. The number of halogens is 1. The Kier molecular flexibility index (Phi) is 3.58. The maximum absolute atomic E-state index is 12.2. The minimum atomic E-state index is -3.52. The fourth-order valence-electron chi connectivity index (χ4n) is 1.59. The molecule has 0 atom stereocenters. The molecule has 7 heteroatoms. The fraction of sp³-hybridized carbons (Fsp3) is 0.400. The van der Waals surface area contributed by atoms with Crippen LogP contribution in [0, 0.1) is 0 Å². The summed E-state index contributed by atoms with van der Waals surface area (Å²) in [7, 11) is -3.52. The summed E-state index contributed by atoms with van der Waals surface area (Å²) in [4.78, 5) is 0.125. The summed E-state index contributed by atoms with van der Waals surface area (Å²) in [5.74, 6) is 0. The number of rotatable bonds is 2. The van der Waals surface area contributed by atoms with Gasteiger partial charge in [0.05, 0.1) is 28.8 Å². The van der Waals surface area contributed by atoms with E-state index in [1.807, 2.05) is 0 Å². The molecule has 0 aromatic heterocycles. The quantitative estimate of drug-likeness (QED) is 0.816. The van der Waals surface area contributed by atoms with E-state index in [1.54, 1.807) is 0 Å². The van der Waals surface area contributed by atoms with E-state index in [0.29, 0.717) is 26.3 Å². The van der Waals surface area contributed by atoms with Gasteiger partial charge in [-0.05, 0) is 18.2 Å². The van der Waals surface area contributed by atoms with Gasteiger partial charge in [0, 0.05) is 13.1 Å². The van der Waals surface area contributed by atoms with E-state index >= 15 is 0 Å². The summed E-state index contributed by atoms with van der Waals surface area (Å²) < 4.78 is 30.9. The summed E-state index contributed by atoms with van der Waals surface area (Å²) in [5.41, 5.74) is 7.52. The van der Waals surface area contributed by atoms with Crippen LogP contribution >= 0.6 is 11.6 Å². The standard InChI is InChI=1S/C10H12ClN2O3S/c11-9-7-8(1-2-10(9)12)17(14,15)13-3-5-16-6-4-13/h1-2,7,12H,3-6H2. The van der Waals surface area contributed by atoms with Crippen LogP contribution in [-0.2, 0) is 14.8 Å². The fourth-order valence-corrected chi connectivity index (χ4v) is 3.27. The van der Waals surface area contributed by atoms with E-state index in [1.165, 1.54) is 22.5 Å². The average Bonchev–Trinajstić information content (AvgIpc) is 2.33. The Morgan fingerprint density at radius 1 is 1.29 bits per heavy atom. The number of morpholine rings is 1. The first kappa shape index (κ1) is 12.6. The average molecular weight is 276 g/mol. The lowest BCUT2D eigenvalue weighted by Crippen LogP contribution is -2.40. The topological polar surface area (TPSA) is 70.4 Å². The molecule has 1 aromatic rings. The second-order valence-electron chi connectivity index (χ2n) is 3.66. The maximum atomic E-state index is 12.2. The van der Waals surface area contributed by atoms with Gasteiger partial charge in [0.25, 0.3) is 0 Å². The zero-order valence-electron chi connectivity index (χ0n) is 9.02. The van der Waals surface area contributed by atoms with Gasteiger partial charge in [-0.3, -0.25) is 5.73 Å². The third kappa shape index (κ3) is 2.55. The second-order valence-corrected chi connectivity index (χ2v) is 6.00. The first-order chi connectivity index (χ1) is 8.01. The van der Waals surface area contributed by atoms with E-state index < -0.39 is 10.0 Å². The predicted molar refractivity (Wildman–Crippen MR) is 63.8 cm³/mol. The van der Waals surface area contributed by atoms with Gasteiger partial charge in [0.15, 0.2) is 0 Å². The van der Waals surface area contributed by atoms with E-state index in [9.17, 15) is 8.42 Å². The number of nitrogens with one attached hydrogen (secondary N) is 1. The zero-order chi connectivity index (χ0) is 12.5. The third-order valence-corrected chi connectivity index (χ3v) is 4.76. The molecule has 0 amide bonds. The highest BCUT2D eigenvalue weighted by Crippen LogP contribution is 2.25. The van der Waals surface area contributed by atoms with Crippen LogP contribution in [0.1, 0.15) is 0 Å². The molecule has 1 N–H and O–H groups in total. The van der Waals surface area contributed by atoms with Crippen LogP contribution < -0.4 is 5.73 Å². The Balaban J connectivity index is 2.33. The third-order valence-electron chi connectivity index (χ3n) is 2.55. The lowest BCUT2D eigenvalue weighted by atomic mass is 10.3. The molecule has 1 heterocycles. The van der Waals surface area contributed by atoms with Gasteiger partial charge < -0.3 is 4.74 Å². The molecule has 1 aromatic carbocycles. The molecule has 0 unspecified atom stereocenters. The molecule has 17 heavy (non-hydrogen) atoms. The van der Waals surface area contributed by atoms with Crippen LogP contribution in [0.5, 0.6) is 0 Å². The van der Waals surface area contributed by atoms with Crippen molar-refractivity contribution < 1.29 is 13.2 Å². The van der Waals surface area contributed by atoms with Gasteiger partial charge in [-0.25, -0.2) is 8.42 Å². The zero-order valence-corrected chi connectivity index (χ0v) is 10.6. The van der Waals surface area contributed by atoms with Crippen molar-refractivity contribution in [2.75, 3.05) is 26.3 Å². The maximum Gasteiger partial charge on any atom is 0.243 e. The number of nitrogens with zero attached hydrogens (tertiary/aromatic N) is 1. The number of hydrogen-bond donors (Lipinski definition) is 0. The van der Waals surface area contributed by atoms with Crippen LogP contribution in [0.4, 0.5) is 5.69 Å². The summed E-state index contributed by atoms with van der Waals surface area (Å²) >= 11 is 5.76. The molecule has 5 nitrogen and oxygen atoms in total. The summed E-state index contributed by atoms with van der Waals surface area (Å²) in [6.07, 6.45) is 0. The molecular formula is C10H12ClN2O3S. The molecule has 1 aliphatic heterocycles. The van der Waals surface area contributed by atoms with Crippen LogP contribution in [0.15, 0.2) is 23.1 Å². The molecule has 0 bridgehead atoms. The summed E-state index contributed by atoms with van der Waals surface area (Å²) in [5, 5.41) is 0.138. The molecule has 2 rings (SSSR count). The molecule has 0 aliphatic carbocycles. The molecule has 1 saturated heterocycles. The molecule has 1 radical (unpaired) electrons. The molecule has 1 aliphatic rings. The van der Waals surface area contributed by atoms with Crippen molar-refractivity contribution in [1.29, 1.82) is 0 Å². The number of sulfonamides is 1. The van der Waals surface area contributed by atoms with Crippen molar-refractivity contribution in [3.05, 3.63) is 23.2 Å². The number of ether oxygens (including phenoxy) is 1. The van der Waals surface area contributed by atoms with Crippen LogP contribution in [-0.4, -0.2) is 39.0 Å². The van der Waals surface area contributed by atoms with E-state index in [-0.39, 0.29) is 15.6 Å². The van der Waals surface area contributed by atoms with Crippen molar-refractivity contribution in [2.45, 2.75) is 4.90 Å². The highest BCUT2D eigenvalue weighted by Gasteiger charge is 2.26.